The van der Waals surface area contributed by atoms with Crippen molar-refractivity contribution in [1.29, 1.82) is 0 Å². The van der Waals surface area contributed by atoms with Crippen LogP contribution in [0.15, 0.2) is 76.2 Å². The standard InChI is InChI=1S/C32H28O6/c1-31(2)12-10-20-14-22(25(15-24(20)37-31)35-17-19-8-6-5-7-9-19)23-18-36-27-16-26-21(11-13-32(3,4)38-26)29(33)28(27)30(23)34/h5-16,18,33H,17H2,1-4H3. The average molecular weight is 509 g/mol. The number of benzene rings is 3. The second-order valence-electron chi connectivity index (χ2n) is 10.7. The first-order valence-electron chi connectivity index (χ1n) is 12.5. The lowest BCUT2D eigenvalue weighted by Crippen LogP contribution is -2.27. The highest BCUT2D eigenvalue weighted by molar-refractivity contribution is 5.93. The van der Waals surface area contributed by atoms with E-state index in [9.17, 15) is 9.90 Å². The van der Waals surface area contributed by atoms with Gasteiger partial charge in [-0.1, -0.05) is 36.4 Å². The number of phenols is 1. The van der Waals surface area contributed by atoms with Crippen LogP contribution in [0.2, 0.25) is 0 Å². The molecule has 2 aliphatic heterocycles. The normalized spacial score (nSPS) is 16.3. The van der Waals surface area contributed by atoms with E-state index in [4.69, 9.17) is 18.6 Å². The zero-order chi connectivity index (χ0) is 26.7. The van der Waals surface area contributed by atoms with Crippen LogP contribution in [0.1, 0.15) is 44.4 Å². The number of aromatic hydroxyl groups is 1. The van der Waals surface area contributed by atoms with Crippen molar-refractivity contribution in [3.05, 3.63) is 93.9 Å². The average Bonchev–Trinajstić information content (AvgIpc) is 2.86. The summed E-state index contributed by atoms with van der Waals surface area (Å²) in [5.41, 5.74) is 1.96. The lowest BCUT2D eigenvalue weighted by atomic mass is 9.96. The predicted octanol–water partition coefficient (Wildman–Crippen LogP) is 7.11. The second kappa shape index (κ2) is 8.55. The quantitative estimate of drug-likeness (QED) is 0.316. The van der Waals surface area contributed by atoms with Crippen LogP contribution in [-0.2, 0) is 6.61 Å². The molecule has 0 saturated heterocycles. The van der Waals surface area contributed by atoms with E-state index in [1.165, 1.54) is 6.26 Å². The van der Waals surface area contributed by atoms with Gasteiger partial charge in [-0.05, 0) is 57.6 Å². The van der Waals surface area contributed by atoms with Crippen molar-refractivity contribution in [3.63, 3.8) is 0 Å². The maximum absolute atomic E-state index is 13.9. The van der Waals surface area contributed by atoms with Gasteiger partial charge >= 0.3 is 0 Å². The molecule has 0 bridgehead atoms. The third-order valence-electron chi connectivity index (χ3n) is 6.74. The largest absolute Gasteiger partial charge is 0.506 e. The van der Waals surface area contributed by atoms with Crippen LogP contribution < -0.4 is 19.6 Å². The Morgan fingerprint density at radius 2 is 1.58 bits per heavy atom. The van der Waals surface area contributed by atoms with Gasteiger partial charge in [0.25, 0.3) is 0 Å². The van der Waals surface area contributed by atoms with Crippen LogP contribution in [0.5, 0.6) is 23.0 Å². The van der Waals surface area contributed by atoms with Gasteiger partial charge in [-0.3, -0.25) is 4.79 Å². The highest BCUT2D eigenvalue weighted by atomic mass is 16.5. The summed E-state index contributed by atoms with van der Waals surface area (Å²) < 4.78 is 24.3. The Morgan fingerprint density at radius 1 is 0.868 bits per heavy atom. The van der Waals surface area contributed by atoms with Gasteiger partial charge in [0.2, 0.25) is 5.43 Å². The van der Waals surface area contributed by atoms with Crippen molar-refractivity contribution in [1.82, 2.24) is 0 Å². The van der Waals surface area contributed by atoms with E-state index < -0.39 is 11.2 Å². The number of hydrogen-bond donors (Lipinski definition) is 1. The van der Waals surface area contributed by atoms with Gasteiger partial charge in [-0.15, -0.1) is 0 Å². The van der Waals surface area contributed by atoms with E-state index in [0.717, 1.165) is 11.1 Å². The van der Waals surface area contributed by atoms with Gasteiger partial charge in [0.1, 0.15) is 58.0 Å². The Kier molecular flexibility index (Phi) is 5.38. The molecular formula is C32H28O6. The molecule has 6 nitrogen and oxygen atoms in total. The topological polar surface area (TPSA) is 78.1 Å². The van der Waals surface area contributed by atoms with Crippen molar-refractivity contribution in [2.45, 2.75) is 45.5 Å². The van der Waals surface area contributed by atoms with Crippen LogP contribution in [0, 0.1) is 0 Å². The predicted molar refractivity (Wildman–Crippen MR) is 148 cm³/mol. The van der Waals surface area contributed by atoms with Crippen LogP contribution in [0.3, 0.4) is 0 Å². The molecule has 6 heteroatoms. The van der Waals surface area contributed by atoms with E-state index in [1.807, 2.05) is 88.4 Å². The van der Waals surface area contributed by atoms with Crippen molar-refractivity contribution < 1.29 is 23.7 Å². The number of fused-ring (bicyclic) bond motifs is 3. The van der Waals surface area contributed by atoms with E-state index in [0.29, 0.717) is 35.0 Å². The van der Waals surface area contributed by atoms with Crippen molar-refractivity contribution >= 4 is 23.1 Å². The Labute approximate surface area is 220 Å². The van der Waals surface area contributed by atoms with E-state index in [1.54, 1.807) is 12.1 Å². The molecule has 3 heterocycles. The van der Waals surface area contributed by atoms with Gasteiger partial charge in [-0.25, -0.2) is 0 Å². The smallest absolute Gasteiger partial charge is 0.204 e. The van der Waals surface area contributed by atoms with Crippen molar-refractivity contribution in [2.75, 3.05) is 0 Å². The number of phenolic OH excluding ortho intramolecular Hbond substituents is 1. The number of rotatable bonds is 4. The summed E-state index contributed by atoms with van der Waals surface area (Å²) in [7, 11) is 0. The zero-order valence-electron chi connectivity index (χ0n) is 21.7. The molecule has 0 unspecified atom stereocenters. The minimum Gasteiger partial charge on any atom is -0.506 e. The molecule has 0 amide bonds. The van der Waals surface area contributed by atoms with E-state index >= 15 is 0 Å². The molecule has 0 spiro atoms. The van der Waals surface area contributed by atoms with E-state index in [-0.39, 0.29) is 27.7 Å². The van der Waals surface area contributed by atoms with Gasteiger partial charge in [0, 0.05) is 23.3 Å². The third-order valence-corrected chi connectivity index (χ3v) is 6.74. The summed E-state index contributed by atoms with van der Waals surface area (Å²) in [6.07, 6.45) is 8.98. The Hall–Kier alpha value is -4.45. The van der Waals surface area contributed by atoms with Gasteiger partial charge in [-0.2, -0.15) is 0 Å². The highest BCUT2D eigenvalue weighted by Gasteiger charge is 2.28. The maximum Gasteiger partial charge on any atom is 0.204 e. The molecule has 0 radical (unpaired) electrons. The third kappa shape index (κ3) is 4.22. The van der Waals surface area contributed by atoms with Crippen LogP contribution >= 0.6 is 0 Å². The summed E-state index contributed by atoms with van der Waals surface area (Å²) in [4.78, 5) is 13.9. The second-order valence-corrected chi connectivity index (χ2v) is 10.7. The lowest BCUT2D eigenvalue weighted by Gasteiger charge is -2.29. The first-order chi connectivity index (χ1) is 18.1. The van der Waals surface area contributed by atoms with Crippen LogP contribution in [0.4, 0.5) is 0 Å². The number of ether oxygens (including phenoxy) is 3. The summed E-state index contributed by atoms with van der Waals surface area (Å²) in [5, 5.41) is 11.2. The van der Waals surface area contributed by atoms with Crippen molar-refractivity contribution in [2.24, 2.45) is 0 Å². The summed E-state index contributed by atoms with van der Waals surface area (Å²) >= 11 is 0. The van der Waals surface area contributed by atoms with Crippen LogP contribution in [0.25, 0.3) is 34.2 Å². The minimum atomic E-state index is -0.536. The minimum absolute atomic E-state index is 0.0915. The van der Waals surface area contributed by atoms with Crippen LogP contribution in [-0.4, -0.2) is 16.3 Å². The number of hydrogen-bond acceptors (Lipinski definition) is 6. The fraction of sp³-hybridized carbons (Fsp3) is 0.219. The van der Waals surface area contributed by atoms with Gasteiger partial charge in [0.05, 0.1) is 11.1 Å². The summed E-state index contributed by atoms with van der Waals surface area (Å²) in [6.45, 7) is 8.09. The van der Waals surface area contributed by atoms with Crippen molar-refractivity contribution in [3.8, 4) is 34.1 Å². The molecule has 6 rings (SSSR count). The maximum atomic E-state index is 13.9. The van der Waals surface area contributed by atoms with E-state index in [2.05, 4.69) is 0 Å². The first kappa shape index (κ1) is 23.9. The molecule has 1 aromatic heterocycles. The monoisotopic (exact) mass is 508 g/mol. The summed E-state index contributed by atoms with van der Waals surface area (Å²) in [6, 6.07) is 15.1. The lowest BCUT2D eigenvalue weighted by molar-refractivity contribution is 0.157. The molecule has 0 aliphatic carbocycles. The molecule has 1 N–H and O–H groups in total. The molecule has 0 saturated carbocycles. The molecule has 0 atom stereocenters. The Balaban J connectivity index is 1.51. The molecule has 2 aliphatic rings. The highest BCUT2D eigenvalue weighted by Crippen LogP contribution is 2.43. The molecule has 3 aromatic carbocycles. The SMILES string of the molecule is CC1(C)C=Cc2cc(-c3coc4cc5c(c(O)c4c3=O)C=CC(C)(C)O5)c(OCc3ccccc3)cc2O1. The molecule has 38 heavy (non-hydrogen) atoms. The first-order valence-corrected chi connectivity index (χ1v) is 12.5. The van der Waals surface area contributed by atoms with Gasteiger partial charge in [0.15, 0.2) is 0 Å². The fourth-order valence-corrected chi connectivity index (χ4v) is 4.76. The van der Waals surface area contributed by atoms with Gasteiger partial charge < -0.3 is 23.7 Å². The molecular weight excluding hydrogens is 480 g/mol. The molecule has 4 aromatic rings. The zero-order valence-corrected chi connectivity index (χ0v) is 21.7. The fourth-order valence-electron chi connectivity index (χ4n) is 4.76. The Morgan fingerprint density at radius 3 is 2.34 bits per heavy atom. The molecule has 0 fully saturated rings. The Bertz CT molecular complexity index is 1690. The summed E-state index contributed by atoms with van der Waals surface area (Å²) in [5.74, 6) is 1.43. The molecule has 192 valence electrons.